The van der Waals surface area contributed by atoms with Gasteiger partial charge in [0.1, 0.15) is 11.2 Å². The lowest BCUT2D eigenvalue weighted by Crippen LogP contribution is -2.33. The molecular formula is C15H24N2O4. The number of carbonyl (C=O) groups is 2. The summed E-state index contributed by atoms with van der Waals surface area (Å²) in [6.45, 7) is 10.9. The number of amides is 1. The van der Waals surface area contributed by atoms with Gasteiger partial charge in [-0.15, -0.1) is 0 Å². The number of hydrogen-bond donors (Lipinski definition) is 1. The molecule has 1 rings (SSSR count). The van der Waals surface area contributed by atoms with Crippen LogP contribution in [0, 0.1) is 0 Å². The van der Waals surface area contributed by atoms with Gasteiger partial charge in [0.05, 0.1) is 6.54 Å². The summed E-state index contributed by atoms with van der Waals surface area (Å²) >= 11 is 0. The maximum atomic E-state index is 12.0. The molecule has 0 fully saturated rings. The van der Waals surface area contributed by atoms with Gasteiger partial charge in [0.25, 0.3) is 0 Å². The van der Waals surface area contributed by atoms with Gasteiger partial charge < -0.3 is 14.8 Å². The average Bonchev–Trinajstić information content (AvgIpc) is 2.69. The number of alkyl carbamates (subject to hydrolysis) is 1. The number of rotatable bonds is 2. The van der Waals surface area contributed by atoms with Crippen LogP contribution in [-0.4, -0.2) is 28.0 Å². The van der Waals surface area contributed by atoms with Crippen molar-refractivity contribution >= 4 is 12.2 Å². The molecule has 0 aliphatic heterocycles. The van der Waals surface area contributed by atoms with Gasteiger partial charge in [0.15, 0.2) is 0 Å². The van der Waals surface area contributed by atoms with Gasteiger partial charge >= 0.3 is 12.2 Å². The van der Waals surface area contributed by atoms with Crippen molar-refractivity contribution in [1.29, 1.82) is 0 Å². The summed E-state index contributed by atoms with van der Waals surface area (Å²) in [6, 6.07) is 3.46. The van der Waals surface area contributed by atoms with Crippen LogP contribution in [-0.2, 0) is 16.0 Å². The van der Waals surface area contributed by atoms with Gasteiger partial charge in [0.2, 0.25) is 0 Å². The van der Waals surface area contributed by atoms with E-state index in [1.807, 2.05) is 0 Å². The van der Waals surface area contributed by atoms with Crippen LogP contribution in [0.25, 0.3) is 0 Å². The van der Waals surface area contributed by atoms with Crippen molar-refractivity contribution in [1.82, 2.24) is 9.88 Å². The van der Waals surface area contributed by atoms with E-state index in [1.165, 1.54) is 4.57 Å². The quantitative estimate of drug-likeness (QED) is 0.909. The van der Waals surface area contributed by atoms with E-state index < -0.39 is 23.4 Å². The summed E-state index contributed by atoms with van der Waals surface area (Å²) in [6.07, 6.45) is 0.591. The van der Waals surface area contributed by atoms with Gasteiger partial charge in [-0.05, 0) is 53.7 Å². The molecule has 0 aliphatic carbocycles. The fourth-order valence-corrected chi connectivity index (χ4v) is 1.53. The highest BCUT2D eigenvalue weighted by atomic mass is 16.6. The second-order valence-electron chi connectivity index (χ2n) is 6.71. The van der Waals surface area contributed by atoms with Crippen molar-refractivity contribution in [3.05, 3.63) is 24.0 Å². The first-order valence-corrected chi connectivity index (χ1v) is 6.84. The molecule has 0 saturated carbocycles. The SMILES string of the molecule is CC(C)(C)OC(=O)NCc1cccn1C(=O)OC(C)(C)C. The number of aromatic nitrogens is 1. The molecular weight excluding hydrogens is 272 g/mol. The smallest absolute Gasteiger partial charge is 0.418 e. The van der Waals surface area contributed by atoms with E-state index in [4.69, 9.17) is 9.47 Å². The van der Waals surface area contributed by atoms with Crippen LogP contribution in [0.1, 0.15) is 47.2 Å². The Labute approximate surface area is 125 Å². The predicted octanol–water partition coefficient (Wildman–Crippen LogP) is 3.30. The van der Waals surface area contributed by atoms with Gasteiger partial charge in [-0.1, -0.05) is 0 Å². The van der Waals surface area contributed by atoms with E-state index in [9.17, 15) is 9.59 Å². The molecule has 0 atom stereocenters. The van der Waals surface area contributed by atoms with Crippen molar-refractivity contribution in [3.8, 4) is 0 Å². The molecule has 0 unspecified atom stereocenters. The molecule has 0 spiro atoms. The predicted molar refractivity (Wildman–Crippen MR) is 79.1 cm³/mol. The first-order valence-electron chi connectivity index (χ1n) is 6.84. The summed E-state index contributed by atoms with van der Waals surface area (Å²) in [5, 5.41) is 2.61. The van der Waals surface area contributed by atoms with Crippen LogP contribution in [0.15, 0.2) is 18.3 Å². The molecule has 0 saturated heterocycles. The fraction of sp³-hybridized carbons (Fsp3) is 0.600. The third-order valence-corrected chi connectivity index (χ3v) is 2.24. The summed E-state index contributed by atoms with van der Waals surface area (Å²) in [5.41, 5.74) is -0.510. The van der Waals surface area contributed by atoms with Crippen LogP contribution >= 0.6 is 0 Å². The van der Waals surface area contributed by atoms with Gasteiger partial charge in [-0.3, -0.25) is 4.57 Å². The van der Waals surface area contributed by atoms with Crippen LogP contribution in [0.2, 0.25) is 0 Å². The largest absolute Gasteiger partial charge is 0.444 e. The lowest BCUT2D eigenvalue weighted by molar-refractivity contribution is 0.0495. The van der Waals surface area contributed by atoms with E-state index in [0.29, 0.717) is 5.69 Å². The number of ether oxygens (including phenoxy) is 2. The average molecular weight is 296 g/mol. The van der Waals surface area contributed by atoms with Crippen LogP contribution in [0.3, 0.4) is 0 Å². The molecule has 1 amide bonds. The Kier molecular flexibility index (Phi) is 5.04. The maximum Gasteiger partial charge on any atom is 0.418 e. The van der Waals surface area contributed by atoms with Crippen LogP contribution < -0.4 is 5.32 Å². The van der Waals surface area contributed by atoms with Crippen molar-refractivity contribution in [2.24, 2.45) is 0 Å². The highest BCUT2D eigenvalue weighted by Crippen LogP contribution is 2.12. The van der Waals surface area contributed by atoms with Gasteiger partial charge in [0, 0.05) is 11.9 Å². The first-order chi connectivity index (χ1) is 9.48. The minimum atomic E-state index is -0.572. The lowest BCUT2D eigenvalue weighted by atomic mass is 10.2. The standard InChI is InChI=1S/C15H24N2O4/c1-14(2,3)20-12(18)16-10-11-8-7-9-17(11)13(19)21-15(4,5)6/h7-9H,10H2,1-6H3,(H,16,18). The molecule has 1 N–H and O–H groups in total. The first kappa shape index (κ1) is 17.1. The molecule has 1 heterocycles. The highest BCUT2D eigenvalue weighted by molar-refractivity contribution is 5.72. The Morgan fingerprint density at radius 1 is 1.10 bits per heavy atom. The van der Waals surface area contributed by atoms with Gasteiger partial charge in [-0.25, -0.2) is 9.59 Å². The number of carbonyl (C=O) groups excluding carboxylic acids is 2. The molecule has 118 valence electrons. The highest BCUT2D eigenvalue weighted by Gasteiger charge is 2.20. The Morgan fingerprint density at radius 2 is 1.67 bits per heavy atom. The summed E-state index contributed by atoms with van der Waals surface area (Å²) < 4.78 is 11.8. The molecule has 1 aromatic heterocycles. The fourth-order valence-electron chi connectivity index (χ4n) is 1.53. The maximum absolute atomic E-state index is 12.0. The van der Waals surface area contributed by atoms with E-state index in [0.717, 1.165) is 0 Å². The topological polar surface area (TPSA) is 69.6 Å². The summed E-state index contributed by atoms with van der Waals surface area (Å²) in [5.74, 6) is 0. The molecule has 1 aromatic rings. The lowest BCUT2D eigenvalue weighted by Gasteiger charge is -2.21. The second-order valence-corrected chi connectivity index (χ2v) is 6.71. The second kappa shape index (κ2) is 6.20. The molecule has 6 heteroatoms. The molecule has 6 nitrogen and oxygen atoms in total. The van der Waals surface area contributed by atoms with Gasteiger partial charge in [-0.2, -0.15) is 0 Å². The minimum Gasteiger partial charge on any atom is -0.444 e. The normalized spacial score (nSPS) is 11.9. The Bertz CT molecular complexity index is 506. The van der Waals surface area contributed by atoms with Crippen molar-refractivity contribution in [3.63, 3.8) is 0 Å². The Balaban J connectivity index is 2.64. The molecule has 0 aromatic carbocycles. The van der Waals surface area contributed by atoms with E-state index in [-0.39, 0.29) is 6.54 Å². The Hall–Kier alpha value is -1.98. The molecule has 0 radical (unpaired) electrons. The van der Waals surface area contributed by atoms with Crippen molar-refractivity contribution < 1.29 is 19.1 Å². The molecule has 0 aliphatic rings. The molecule has 0 bridgehead atoms. The number of nitrogens with one attached hydrogen (secondary N) is 1. The van der Waals surface area contributed by atoms with Crippen LogP contribution in [0.5, 0.6) is 0 Å². The van der Waals surface area contributed by atoms with E-state index in [1.54, 1.807) is 59.9 Å². The third-order valence-electron chi connectivity index (χ3n) is 2.24. The minimum absolute atomic E-state index is 0.182. The van der Waals surface area contributed by atoms with Crippen molar-refractivity contribution in [2.45, 2.75) is 59.3 Å². The van der Waals surface area contributed by atoms with E-state index >= 15 is 0 Å². The van der Waals surface area contributed by atoms with E-state index in [2.05, 4.69) is 5.32 Å². The zero-order valence-corrected chi connectivity index (χ0v) is 13.5. The Morgan fingerprint density at radius 3 is 2.19 bits per heavy atom. The third kappa shape index (κ3) is 6.33. The summed E-state index contributed by atoms with van der Waals surface area (Å²) in [4.78, 5) is 23.6. The number of nitrogens with zero attached hydrogens (tertiary/aromatic N) is 1. The monoisotopic (exact) mass is 296 g/mol. The zero-order chi connectivity index (χ0) is 16.3. The van der Waals surface area contributed by atoms with Crippen molar-refractivity contribution in [2.75, 3.05) is 0 Å². The zero-order valence-electron chi connectivity index (χ0n) is 13.5. The molecule has 21 heavy (non-hydrogen) atoms. The summed E-state index contributed by atoms with van der Waals surface area (Å²) in [7, 11) is 0. The number of hydrogen-bond acceptors (Lipinski definition) is 4. The van der Waals surface area contributed by atoms with Crippen LogP contribution in [0.4, 0.5) is 9.59 Å².